The van der Waals surface area contributed by atoms with Crippen molar-refractivity contribution in [2.75, 3.05) is 27.8 Å². The molecule has 2 aromatic rings. The lowest BCUT2D eigenvalue weighted by Gasteiger charge is -2.23. The van der Waals surface area contributed by atoms with E-state index in [1.165, 1.54) is 21.8 Å². The zero-order chi connectivity index (χ0) is 22.3. The van der Waals surface area contributed by atoms with E-state index < -0.39 is 10.4 Å². The summed E-state index contributed by atoms with van der Waals surface area (Å²) in [6, 6.07) is 21.3. The second-order valence-electron chi connectivity index (χ2n) is 7.39. The molecule has 7 nitrogen and oxygen atoms in total. The molecule has 30 heavy (non-hydrogen) atoms. The smallest absolute Gasteiger partial charge is 0.217 e. The zero-order valence-corrected chi connectivity index (χ0v) is 18.8. The summed E-state index contributed by atoms with van der Waals surface area (Å²) in [6.07, 6.45) is 0. The Balaban J connectivity index is 0.000000469. The summed E-state index contributed by atoms with van der Waals surface area (Å²) in [7, 11) is 0.735. The summed E-state index contributed by atoms with van der Waals surface area (Å²) in [6.45, 7) is 5.11. The molecule has 2 unspecified atom stereocenters. The molecule has 2 atom stereocenters. The maximum Gasteiger partial charge on any atom is 0.217 e. The number of rotatable bonds is 6. The normalized spacial score (nSPS) is 19.6. The number of ether oxygens (including phenoxy) is 1. The highest BCUT2D eigenvalue weighted by atomic mass is 32.3. The average Bonchev–Trinajstić information content (AvgIpc) is 2.98. The molecular formula is C22H30N2O5S. The van der Waals surface area contributed by atoms with Crippen LogP contribution in [0.5, 0.6) is 0 Å². The van der Waals surface area contributed by atoms with Gasteiger partial charge in [0.1, 0.15) is 6.04 Å². The Labute approximate surface area is 179 Å². The Bertz CT molecular complexity index is 931. The van der Waals surface area contributed by atoms with Crippen LogP contribution in [-0.2, 0) is 19.3 Å². The summed E-state index contributed by atoms with van der Waals surface area (Å²) in [5.74, 6) is 1.57. The average molecular weight is 435 g/mol. The Kier molecular flexibility index (Phi) is 8.57. The van der Waals surface area contributed by atoms with Crippen LogP contribution in [-0.4, -0.2) is 45.8 Å². The van der Waals surface area contributed by atoms with Gasteiger partial charge in [0.25, 0.3) is 0 Å². The molecular weight excluding hydrogens is 404 g/mol. The molecule has 0 radical (unpaired) electrons. The van der Waals surface area contributed by atoms with Crippen molar-refractivity contribution < 1.29 is 26.9 Å². The summed E-state index contributed by atoms with van der Waals surface area (Å²) in [4.78, 5) is 0. The molecule has 0 saturated heterocycles. The SMILES string of the molecule is CC(C)COC1=C(c2ccccc2)[NH+](C)N(C)C1c1ccccc1.COS(=O)(=O)[O-]. The van der Waals surface area contributed by atoms with Crippen molar-refractivity contribution in [1.29, 1.82) is 0 Å². The van der Waals surface area contributed by atoms with Crippen LogP contribution < -0.4 is 5.01 Å². The van der Waals surface area contributed by atoms with Crippen molar-refractivity contribution in [3.8, 4) is 0 Å². The summed E-state index contributed by atoms with van der Waals surface area (Å²) >= 11 is 0. The summed E-state index contributed by atoms with van der Waals surface area (Å²) in [5, 5.41) is 3.58. The van der Waals surface area contributed by atoms with Gasteiger partial charge in [0.2, 0.25) is 10.4 Å². The van der Waals surface area contributed by atoms with Gasteiger partial charge >= 0.3 is 0 Å². The van der Waals surface area contributed by atoms with Crippen LogP contribution in [0.4, 0.5) is 0 Å². The third-order valence-electron chi connectivity index (χ3n) is 4.73. The minimum Gasteiger partial charge on any atom is -0.726 e. The van der Waals surface area contributed by atoms with Crippen molar-refractivity contribution >= 4 is 16.1 Å². The Morgan fingerprint density at radius 3 is 2.03 bits per heavy atom. The fraction of sp³-hybridized carbons (Fsp3) is 0.364. The van der Waals surface area contributed by atoms with Crippen molar-refractivity contribution in [3.63, 3.8) is 0 Å². The molecule has 164 valence electrons. The molecule has 2 aromatic carbocycles. The highest BCUT2D eigenvalue weighted by Gasteiger charge is 2.42. The Morgan fingerprint density at radius 1 is 1.07 bits per heavy atom. The Morgan fingerprint density at radius 2 is 1.57 bits per heavy atom. The number of hydrogen-bond acceptors (Lipinski definition) is 6. The number of nitrogens with one attached hydrogen (secondary N) is 1. The van der Waals surface area contributed by atoms with Crippen LogP contribution in [0.15, 0.2) is 66.4 Å². The van der Waals surface area contributed by atoms with Crippen molar-refractivity contribution in [2.24, 2.45) is 5.92 Å². The first kappa shape index (κ1) is 24.0. The molecule has 0 saturated carbocycles. The summed E-state index contributed by atoms with van der Waals surface area (Å²) in [5.41, 5.74) is 3.72. The maximum atomic E-state index is 9.22. The molecule has 0 fully saturated rings. The van der Waals surface area contributed by atoms with Gasteiger partial charge in [-0.05, 0) is 23.6 Å². The third kappa shape index (κ3) is 6.38. The first-order valence-corrected chi connectivity index (χ1v) is 11.0. The molecule has 1 aliphatic heterocycles. The second kappa shape index (κ2) is 10.7. The standard InChI is InChI=1S/C21H26N2O.CH4O4S/c1-16(2)15-24-21-19(17-11-7-5-8-12-17)22(3)23(4)20(21)18-13-9-6-10-14-18;1-5-6(2,3)4/h5-14,16,19H,15H2,1-4H3;1H3,(H,2,3,4). The van der Waals surface area contributed by atoms with E-state index in [4.69, 9.17) is 4.74 Å². The quantitative estimate of drug-likeness (QED) is 0.555. The molecule has 0 aliphatic carbocycles. The molecule has 0 bridgehead atoms. The molecule has 0 amide bonds. The van der Waals surface area contributed by atoms with Gasteiger partial charge in [-0.2, -0.15) is 0 Å². The minimum atomic E-state index is -4.41. The predicted molar refractivity (Wildman–Crippen MR) is 115 cm³/mol. The molecule has 1 N–H and O–H groups in total. The molecule has 3 rings (SSSR count). The predicted octanol–water partition coefficient (Wildman–Crippen LogP) is 2.24. The molecule has 8 heteroatoms. The lowest BCUT2D eigenvalue weighted by atomic mass is 10.0. The first-order chi connectivity index (χ1) is 14.2. The van der Waals surface area contributed by atoms with E-state index in [0.29, 0.717) is 5.92 Å². The van der Waals surface area contributed by atoms with Crippen LogP contribution in [0.2, 0.25) is 0 Å². The number of benzene rings is 2. The lowest BCUT2D eigenvalue weighted by Crippen LogP contribution is -3.11. The maximum absolute atomic E-state index is 9.22. The molecule has 0 spiro atoms. The molecule has 0 aromatic heterocycles. The van der Waals surface area contributed by atoms with Crippen molar-refractivity contribution in [2.45, 2.75) is 19.9 Å². The van der Waals surface area contributed by atoms with E-state index >= 15 is 0 Å². The van der Waals surface area contributed by atoms with E-state index in [-0.39, 0.29) is 6.04 Å². The highest BCUT2D eigenvalue weighted by molar-refractivity contribution is 7.80. The molecule has 1 heterocycles. The van der Waals surface area contributed by atoms with E-state index in [9.17, 15) is 13.0 Å². The van der Waals surface area contributed by atoms with E-state index in [2.05, 4.69) is 97.8 Å². The first-order valence-electron chi connectivity index (χ1n) is 9.71. The summed E-state index contributed by atoms with van der Waals surface area (Å²) < 4.78 is 37.4. The van der Waals surface area contributed by atoms with Gasteiger partial charge in [-0.25, -0.2) is 13.4 Å². The van der Waals surface area contributed by atoms with Crippen LogP contribution in [0, 0.1) is 5.92 Å². The van der Waals surface area contributed by atoms with Gasteiger partial charge in [-0.1, -0.05) is 62.4 Å². The second-order valence-corrected chi connectivity index (χ2v) is 8.54. The van der Waals surface area contributed by atoms with Crippen molar-refractivity contribution in [1.82, 2.24) is 5.01 Å². The van der Waals surface area contributed by atoms with Gasteiger partial charge in [-0.15, -0.1) is 5.01 Å². The zero-order valence-electron chi connectivity index (χ0n) is 18.0. The monoisotopic (exact) mass is 434 g/mol. The third-order valence-corrected chi connectivity index (χ3v) is 5.14. The van der Waals surface area contributed by atoms with Gasteiger partial charge in [0, 0.05) is 12.6 Å². The van der Waals surface area contributed by atoms with Gasteiger partial charge in [0.15, 0.2) is 11.5 Å². The molecule has 1 aliphatic rings. The number of hydrogen-bond donors (Lipinski definition) is 1. The van der Waals surface area contributed by atoms with Crippen LogP contribution >= 0.6 is 0 Å². The Hall–Kier alpha value is -2.23. The highest BCUT2D eigenvalue weighted by Crippen LogP contribution is 2.34. The van der Waals surface area contributed by atoms with E-state index in [0.717, 1.165) is 19.5 Å². The van der Waals surface area contributed by atoms with Crippen LogP contribution in [0.3, 0.4) is 0 Å². The fourth-order valence-corrected chi connectivity index (χ4v) is 3.23. The van der Waals surface area contributed by atoms with Gasteiger partial charge < -0.3 is 9.29 Å². The minimum absolute atomic E-state index is 0.139. The van der Waals surface area contributed by atoms with Crippen LogP contribution in [0.25, 0.3) is 5.70 Å². The largest absolute Gasteiger partial charge is 0.726 e. The number of nitrogens with zero attached hydrogens (tertiary/aromatic N) is 1. The topological polar surface area (TPSA) is 83.3 Å². The fourth-order valence-electron chi connectivity index (χ4n) is 3.23. The lowest BCUT2D eigenvalue weighted by molar-refractivity contribution is -0.928. The van der Waals surface area contributed by atoms with E-state index in [1.807, 2.05) is 0 Å². The van der Waals surface area contributed by atoms with Gasteiger partial charge in [0.05, 0.1) is 20.8 Å². The van der Waals surface area contributed by atoms with Crippen LogP contribution in [0.1, 0.15) is 31.0 Å². The number of likely N-dealkylation sites (N-methyl/N-ethyl adjacent to an activating group) is 1. The van der Waals surface area contributed by atoms with E-state index in [1.54, 1.807) is 0 Å². The van der Waals surface area contributed by atoms with Gasteiger partial charge in [-0.3, -0.25) is 4.18 Å². The number of quaternary nitrogens is 1. The van der Waals surface area contributed by atoms with Crippen molar-refractivity contribution in [3.05, 3.63) is 77.5 Å².